The molecule has 17 heavy (non-hydrogen) atoms. The van der Waals surface area contributed by atoms with Crippen LogP contribution >= 0.6 is 0 Å². The highest BCUT2D eigenvalue weighted by atomic mass is 16.5. The average molecular weight is 236 g/mol. The largest absolute Gasteiger partial charge is 0.377 e. The van der Waals surface area contributed by atoms with Gasteiger partial charge in [0.25, 0.3) is 0 Å². The molecule has 0 fully saturated rings. The number of nitrogens with zero attached hydrogens (tertiary/aromatic N) is 4. The van der Waals surface area contributed by atoms with E-state index < -0.39 is 0 Å². The van der Waals surface area contributed by atoms with E-state index >= 15 is 0 Å². The number of methoxy groups -OCH3 is 1. The highest BCUT2D eigenvalue weighted by Crippen LogP contribution is 2.05. The summed E-state index contributed by atoms with van der Waals surface area (Å²) < 4.78 is 11.3. The first-order valence-corrected chi connectivity index (χ1v) is 5.02. The normalized spacial score (nSPS) is 10.7. The smallest absolute Gasteiger partial charge is 0.234 e. The topological polar surface area (TPSA) is 83.0 Å². The minimum absolute atomic E-state index is 0.0657. The summed E-state index contributed by atoms with van der Waals surface area (Å²) in [5.74, 6) is 0.598. The summed E-state index contributed by atoms with van der Waals surface area (Å²) in [5, 5.41) is 7.60. The molecule has 7 nitrogen and oxygen atoms in total. The van der Waals surface area contributed by atoms with E-state index in [1.54, 1.807) is 19.3 Å². The molecule has 2 aromatic rings. The number of aromatic nitrogens is 4. The van der Waals surface area contributed by atoms with E-state index in [1.165, 1.54) is 11.8 Å². The van der Waals surface area contributed by atoms with Crippen LogP contribution in [0.2, 0.25) is 0 Å². The van der Waals surface area contributed by atoms with Crippen LogP contribution in [-0.2, 0) is 24.8 Å². The Bertz CT molecular complexity index is 517. The van der Waals surface area contributed by atoms with Crippen LogP contribution in [0.4, 0.5) is 0 Å². The fraction of sp³-hybridized carbons (Fsp3) is 0.400. The van der Waals surface area contributed by atoms with Crippen LogP contribution in [0, 0.1) is 0 Å². The van der Waals surface area contributed by atoms with Crippen molar-refractivity contribution >= 4 is 5.78 Å². The monoisotopic (exact) mass is 236 g/mol. The van der Waals surface area contributed by atoms with E-state index in [9.17, 15) is 4.79 Å². The lowest BCUT2D eigenvalue weighted by atomic mass is 10.2. The molecule has 7 heteroatoms. The van der Waals surface area contributed by atoms with Gasteiger partial charge in [0.15, 0.2) is 11.6 Å². The first-order chi connectivity index (χ1) is 8.20. The van der Waals surface area contributed by atoms with E-state index in [-0.39, 0.29) is 24.7 Å². The van der Waals surface area contributed by atoms with Gasteiger partial charge in [0, 0.05) is 20.4 Å². The van der Waals surface area contributed by atoms with E-state index in [0.29, 0.717) is 11.5 Å². The molecule has 0 bridgehead atoms. The van der Waals surface area contributed by atoms with Crippen molar-refractivity contribution in [2.45, 2.75) is 13.0 Å². The minimum atomic E-state index is -0.113. The Hall–Kier alpha value is -2.02. The van der Waals surface area contributed by atoms with Gasteiger partial charge in [-0.05, 0) is 6.07 Å². The Balaban J connectivity index is 2.05. The Morgan fingerprint density at radius 3 is 3.06 bits per heavy atom. The van der Waals surface area contributed by atoms with Gasteiger partial charge in [0.2, 0.25) is 5.89 Å². The number of hydrogen-bond acceptors (Lipinski definition) is 6. The van der Waals surface area contributed by atoms with Crippen LogP contribution in [0.5, 0.6) is 0 Å². The lowest BCUT2D eigenvalue weighted by Gasteiger charge is -1.97. The van der Waals surface area contributed by atoms with Crippen molar-refractivity contribution in [2.24, 2.45) is 7.05 Å². The molecule has 0 atom stereocenters. The lowest BCUT2D eigenvalue weighted by molar-refractivity contribution is 0.0974. The molecule has 0 amide bonds. The molecule has 90 valence electrons. The second-order valence-corrected chi connectivity index (χ2v) is 3.48. The number of Topliss-reactive ketones (excluding diaryl/α,β-unsaturated/α-hetero) is 1. The van der Waals surface area contributed by atoms with Gasteiger partial charge < -0.3 is 9.26 Å². The number of aryl methyl sites for hydroxylation is 1. The van der Waals surface area contributed by atoms with Gasteiger partial charge >= 0.3 is 0 Å². The fourth-order valence-electron chi connectivity index (χ4n) is 1.43. The number of rotatable bonds is 5. The minimum Gasteiger partial charge on any atom is -0.377 e. The summed E-state index contributed by atoms with van der Waals surface area (Å²) in [7, 11) is 3.24. The fourth-order valence-corrected chi connectivity index (χ4v) is 1.43. The standard InChI is InChI=1S/C10H12N4O3/c1-14-7(3-4-11-14)8(15)5-10-12-9(6-16-2)13-17-10/h3-4H,5-6H2,1-2H3. The number of ether oxygens (including phenoxy) is 1. The van der Waals surface area contributed by atoms with E-state index in [0.717, 1.165) is 0 Å². The van der Waals surface area contributed by atoms with Crippen molar-refractivity contribution < 1.29 is 14.1 Å². The zero-order valence-corrected chi connectivity index (χ0v) is 9.58. The zero-order chi connectivity index (χ0) is 12.3. The summed E-state index contributed by atoms with van der Waals surface area (Å²) in [6.07, 6.45) is 1.63. The van der Waals surface area contributed by atoms with Gasteiger partial charge in [-0.25, -0.2) is 0 Å². The van der Waals surface area contributed by atoms with Crippen LogP contribution < -0.4 is 0 Å². The van der Waals surface area contributed by atoms with Crippen LogP contribution in [-0.4, -0.2) is 32.8 Å². The van der Waals surface area contributed by atoms with Gasteiger partial charge in [0.05, 0.1) is 6.42 Å². The summed E-state index contributed by atoms with van der Waals surface area (Å²) in [6.45, 7) is 0.267. The number of ketones is 1. The van der Waals surface area contributed by atoms with Crippen molar-refractivity contribution in [2.75, 3.05) is 7.11 Å². The maximum Gasteiger partial charge on any atom is 0.234 e. The molecule has 0 aliphatic heterocycles. The van der Waals surface area contributed by atoms with Gasteiger partial charge in [-0.1, -0.05) is 5.16 Å². The van der Waals surface area contributed by atoms with E-state index in [4.69, 9.17) is 9.26 Å². The summed E-state index contributed by atoms with van der Waals surface area (Å²) in [5.41, 5.74) is 0.511. The molecular weight excluding hydrogens is 224 g/mol. The second kappa shape index (κ2) is 4.88. The van der Waals surface area contributed by atoms with Gasteiger partial charge in [-0.2, -0.15) is 10.1 Å². The highest BCUT2D eigenvalue weighted by molar-refractivity contribution is 5.95. The van der Waals surface area contributed by atoms with Crippen molar-refractivity contribution in [3.8, 4) is 0 Å². The maximum absolute atomic E-state index is 11.8. The third kappa shape index (κ3) is 2.56. The first-order valence-electron chi connectivity index (χ1n) is 5.02. The molecule has 2 aromatic heterocycles. The van der Waals surface area contributed by atoms with Crippen molar-refractivity contribution in [3.63, 3.8) is 0 Å². The van der Waals surface area contributed by atoms with E-state index in [1.807, 2.05) is 0 Å². The Kier molecular flexibility index (Phi) is 3.29. The highest BCUT2D eigenvalue weighted by Gasteiger charge is 2.15. The molecule has 0 spiro atoms. The molecule has 2 rings (SSSR count). The van der Waals surface area contributed by atoms with Gasteiger partial charge in [-0.3, -0.25) is 9.48 Å². The summed E-state index contributed by atoms with van der Waals surface area (Å²) in [6, 6.07) is 1.65. The molecule has 0 radical (unpaired) electrons. The predicted molar refractivity (Wildman–Crippen MR) is 56.3 cm³/mol. The van der Waals surface area contributed by atoms with Crippen molar-refractivity contribution in [3.05, 3.63) is 29.7 Å². The molecule has 0 N–H and O–H groups in total. The SMILES string of the molecule is COCc1noc(CC(=O)c2ccnn2C)n1. The average Bonchev–Trinajstić information content (AvgIpc) is 2.88. The van der Waals surface area contributed by atoms with Gasteiger partial charge in [0.1, 0.15) is 12.3 Å². The third-order valence-corrected chi connectivity index (χ3v) is 2.20. The van der Waals surface area contributed by atoms with Crippen LogP contribution in [0.15, 0.2) is 16.8 Å². The summed E-state index contributed by atoms with van der Waals surface area (Å²) in [4.78, 5) is 15.9. The third-order valence-electron chi connectivity index (χ3n) is 2.20. The van der Waals surface area contributed by atoms with Crippen LogP contribution in [0.3, 0.4) is 0 Å². The number of hydrogen-bond donors (Lipinski definition) is 0. The first kappa shape index (κ1) is 11.5. The molecule has 0 saturated carbocycles. The van der Waals surface area contributed by atoms with Crippen LogP contribution in [0.1, 0.15) is 22.2 Å². The van der Waals surface area contributed by atoms with Crippen molar-refractivity contribution in [1.29, 1.82) is 0 Å². The Labute approximate surface area is 97.4 Å². The molecule has 0 unspecified atom stereocenters. The molecule has 0 aliphatic rings. The molecular formula is C10H12N4O3. The molecule has 0 aliphatic carbocycles. The van der Waals surface area contributed by atoms with Crippen LogP contribution in [0.25, 0.3) is 0 Å². The number of carbonyl (C=O) groups is 1. The van der Waals surface area contributed by atoms with Crippen molar-refractivity contribution in [1.82, 2.24) is 19.9 Å². The predicted octanol–water partition coefficient (Wildman–Crippen LogP) is 0.375. The quantitative estimate of drug-likeness (QED) is 0.698. The molecule has 2 heterocycles. The Morgan fingerprint density at radius 2 is 2.41 bits per heavy atom. The van der Waals surface area contributed by atoms with Gasteiger partial charge in [-0.15, -0.1) is 0 Å². The lowest BCUT2D eigenvalue weighted by Crippen LogP contribution is -2.09. The van der Waals surface area contributed by atoms with E-state index in [2.05, 4.69) is 15.2 Å². The zero-order valence-electron chi connectivity index (χ0n) is 9.58. The summed E-state index contributed by atoms with van der Waals surface area (Å²) >= 11 is 0. The maximum atomic E-state index is 11.8. The second-order valence-electron chi connectivity index (χ2n) is 3.48. The Morgan fingerprint density at radius 1 is 1.59 bits per heavy atom. The molecule has 0 saturated heterocycles. The number of carbonyl (C=O) groups excluding carboxylic acids is 1. The molecule has 0 aromatic carbocycles.